The summed E-state index contributed by atoms with van der Waals surface area (Å²) >= 11 is 1.39. The number of ether oxygens (including phenoxy) is 1. The molecule has 0 aliphatic rings. The minimum absolute atomic E-state index is 0.110. The molecule has 0 fully saturated rings. The molecule has 1 heterocycles. The van der Waals surface area contributed by atoms with Crippen LogP contribution < -0.4 is 15.4 Å². The minimum Gasteiger partial charge on any atom is -0.486 e. The normalized spacial score (nSPS) is 10.4. The monoisotopic (exact) mass is 413 g/mol. The second kappa shape index (κ2) is 9.79. The molecule has 0 bridgehead atoms. The Labute approximate surface area is 171 Å². The molecule has 2 N–H and O–H groups in total. The van der Waals surface area contributed by atoms with Gasteiger partial charge in [-0.3, -0.25) is 9.59 Å². The van der Waals surface area contributed by atoms with Crippen LogP contribution in [0.25, 0.3) is 0 Å². The van der Waals surface area contributed by atoms with Crippen LogP contribution in [0, 0.1) is 5.82 Å². The molecule has 3 aromatic rings. The van der Waals surface area contributed by atoms with E-state index >= 15 is 0 Å². The molecule has 0 atom stereocenters. The van der Waals surface area contributed by atoms with Crippen LogP contribution in [0.5, 0.6) is 5.75 Å². The number of nitrogens with zero attached hydrogens (tertiary/aromatic N) is 1. The number of aromatic nitrogens is 1. The number of rotatable bonds is 8. The summed E-state index contributed by atoms with van der Waals surface area (Å²) in [6, 6.07) is 12.5. The summed E-state index contributed by atoms with van der Waals surface area (Å²) in [7, 11) is 0. The van der Waals surface area contributed by atoms with Crippen LogP contribution in [0.1, 0.15) is 28.0 Å². The molecule has 29 heavy (non-hydrogen) atoms. The van der Waals surface area contributed by atoms with E-state index in [1.807, 2.05) is 6.92 Å². The highest BCUT2D eigenvalue weighted by Crippen LogP contribution is 2.17. The van der Waals surface area contributed by atoms with Crippen LogP contribution in [0.2, 0.25) is 0 Å². The van der Waals surface area contributed by atoms with Gasteiger partial charge >= 0.3 is 0 Å². The standard InChI is InChI=1S/C21H20FN3O3S/c1-2-23-21(27)14-4-3-5-16(10-14)24-19(26)11-17-13-29-20(25-17)12-28-18-8-6-15(22)7-9-18/h3-10,13H,2,11-12H2,1H3,(H,23,27)(H,24,26). The molecular formula is C21H20FN3O3S. The van der Waals surface area contributed by atoms with Crippen molar-refractivity contribution >= 4 is 28.8 Å². The first-order chi connectivity index (χ1) is 14.0. The third-order valence-electron chi connectivity index (χ3n) is 3.86. The average Bonchev–Trinajstić information content (AvgIpc) is 3.15. The van der Waals surface area contributed by atoms with Crippen molar-refractivity contribution < 1.29 is 18.7 Å². The largest absolute Gasteiger partial charge is 0.486 e. The quantitative estimate of drug-likeness (QED) is 0.589. The van der Waals surface area contributed by atoms with Gasteiger partial charge in [-0.15, -0.1) is 11.3 Å². The van der Waals surface area contributed by atoms with Crippen LogP contribution >= 0.6 is 11.3 Å². The fourth-order valence-electron chi connectivity index (χ4n) is 2.54. The third-order valence-corrected chi connectivity index (χ3v) is 4.73. The Bertz CT molecular complexity index is 989. The van der Waals surface area contributed by atoms with Gasteiger partial charge < -0.3 is 15.4 Å². The number of halogens is 1. The van der Waals surface area contributed by atoms with Gasteiger partial charge in [0.1, 0.15) is 23.2 Å². The van der Waals surface area contributed by atoms with Gasteiger partial charge in [0.05, 0.1) is 12.1 Å². The Morgan fingerprint density at radius 3 is 2.72 bits per heavy atom. The van der Waals surface area contributed by atoms with Crippen LogP contribution in [-0.4, -0.2) is 23.3 Å². The van der Waals surface area contributed by atoms with Crippen LogP contribution in [0.4, 0.5) is 10.1 Å². The highest BCUT2D eigenvalue weighted by molar-refractivity contribution is 7.09. The fraction of sp³-hybridized carbons (Fsp3) is 0.190. The summed E-state index contributed by atoms with van der Waals surface area (Å²) in [4.78, 5) is 28.6. The Hall–Kier alpha value is -3.26. The summed E-state index contributed by atoms with van der Waals surface area (Å²) in [5.41, 5.74) is 1.66. The molecule has 6 nitrogen and oxygen atoms in total. The molecule has 1 aromatic heterocycles. The number of benzene rings is 2. The van der Waals surface area contributed by atoms with Gasteiger partial charge in [-0.1, -0.05) is 6.07 Å². The number of hydrogen-bond donors (Lipinski definition) is 2. The SMILES string of the molecule is CCNC(=O)c1cccc(NC(=O)Cc2csc(COc3ccc(F)cc3)n2)c1. The van der Waals surface area contributed by atoms with Gasteiger partial charge in [0.15, 0.2) is 0 Å². The van der Waals surface area contributed by atoms with Gasteiger partial charge in [-0.05, 0) is 49.4 Å². The first kappa shape index (κ1) is 20.5. The smallest absolute Gasteiger partial charge is 0.251 e. The summed E-state index contributed by atoms with van der Waals surface area (Å²) in [5, 5.41) is 8.02. The van der Waals surface area contributed by atoms with E-state index in [0.29, 0.717) is 29.2 Å². The third kappa shape index (κ3) is 6.11. The van der Waals surface area contributed by atoms with Crippen molar-refractivity contribution in [2.24, 2.45) is 0 Å². The van der Waals surface area contributed by atoms with E-state index in [2.05, 4.69) is 15.6 Å². The van der Waals surface area contributed by atoms with Gasteiger partial charge in [0.2, 0.25) is 5.91 Å². The van der Waals surface area contributed by atoms with Crippen molar-refractivity contribution in [2.45, 2.75) is 20.0 Å². The van der Waals surface area contributed by atoms with Gasteiger partial charge in [0.25, 0.3) is 5.91 Å². The molecule has 2 aromatic carbocycles. The van der Waals surface area contributed by atoms with Crippen LogP contribution in [-0.2, 0) is 17.8 Å². The van der Waals surface area contributed by atoms with Crippen molar-refractivity contribution in [1.29, 1.82) is 0 Å². The Kier molecular flexibility index (Phi) is 6.91. The average molecular weight is 413 g/mol. The molecule has 0 radical (unpaired) electrons. The number of amides is 2. The van der Waals surface area contributed by atoms with Gasteiger partial charge in [0, 0.05) is 23.2 Å². The van der Waals surface area contributed by atoms with E-state index in [4.69, 9.17) is 4.74 Å². The Morgan fingerprint density at radius 1 is 1.17 bits per heavy atom. The van der Waals surface area contributed by atoms with E-state index in [0.717, 1.165) is 5.01 Å². The lowest BCUT2D eigenvalue weighted by Gasteiger charge is -2.07. The Balaban J connectivity index is 1.53. The predicted octanol–water partition coefficient (Wildman–Crippen LogP) is 3.79. The number of hydrogen-bond acceptors (Lipinski definition) is 5. The number of carbonyl (C=O) groups excluding carboxylic acids is 2. The molecule has 0 unspecified atom stereocenters. The van der Waals surface area contributed by atoms with Gasteiger partial charge in [-0.25, -0.2) is 9.37 Å². The van der Waals surface area contributed by atoms with E-state index in [1.54, 1.807) is 41.8 Å². The first-order valence-corrected chi connectivity index (χ1v) is 9.91. The summed E-state index contributed by atoms with van der Waals surface area (Å²) < 4.78 is 18.5. The zero-order chi connectivity index (χ0) is 20.6. The van der Waals surface area contributed by atoms with Crippen molar-refractivity contribution in [3.05, 3.63) is 76.0 Å². The highest BCUT2D eigenvalue weighted by Gasteiger charge is 2.10. The van der Waals surface area contributed by atoms with Crippen LogP contribution in [0.15, 0.2) is 53.9 Å². The number of thiazole rings is 1. The molecule has 2 amide bonds. The maximum atomic E-state index is 12.9. The second-order valence-corrected chi connectivity index (χ2v) is 7.08. The van der Waals surface area contributed by atoms with Crippen LogP contribution in [0.3, 0.4) is 0 Å². The molecule has 8 heteroatoms. The lowest BCUT2D eigenvalue weighted by atomic mass is 10.2. The lowest BCUT2D eigenvalue weighted by Crippen LogP contribution is -2.23. The van der Waals surface area contributed by atoms with E-state index in [1.165, 1.54) is 23.5 Å². The summed E-state index contributed by atoms with van der Waals surface area (Å²) in [6.45, 7) is 2.62. The van der Waals surface area contributed by atoms with E-state index in [9.17, 15) is 14.0 Å². The molecule has 3 rings (SSSR count). The topological polar surface area (TPSA) is 80.3 Å². The lowest BCUT2D eigenvalue weighted by molar-refractivity contribution is -0.115. The number of nitrogens with one attached hydrogen (secondary N) is 2. The number of anilines is 1. The summed E-state index contributed by atoms with van der Waals surface area (Å²) in [5.74, 6) is -0.187. The maximum Gasteiger partial charge on any atom is 0.251 e. The maximum absolute atomic E-state index is 12.9. The van der Waals surface area contributed by atoms with Crippen molar-refractivity contribution in [3.63, 3.8) is 0 Å². The molecule has 150 valence electrons. The second-order valence-electron chi connectivity index (χ2n) is 6.14. The van der Waals surface area contributed by atoms with E-state index in [-0.39, 0.29) is 30.7 Å². The molecule has 0 saturated heterocycles. The zero-order valence-corrected chi connectivity index (χ0v) is 16.6. The Morgan fingerprint density at radius 2 is 1.97 bits per heavy atom. The summed E-state index contributed by atoms with van der Waals surface area (Å²) in [6.07, 6.45) is 0.110. The molecule has 0 spiro atoms. The minimum atomic E-state index is -0.323. The molecule has 0 aliphatic carbocycles. The van der Waals surface area contributed by atoms with Crippen molar-refractivity contribution in [3.8, 4) is 5.75 Å². The molecule has 0 saturated carbocycles. The molecule has 0 aliphatic heterocycles. The molecular weight excluding hydrogens is 393 g/mol. The van der Waals surface area contributed by atoms with Crippen molar-refractivity contribution in [2.75, 3.05) is 11.9 Å². The van der Waals surface area contributed by atoms with Crippen molar-refractivity contribution in [1.82, 2.24) is 10.3 Å². The fourth-order valence-corrected chi connectivity index (χ4v) is 3.25. The highest BCUT2D eigenvalue weighted by atomic mass is 32.1. The van der Waals surface area contributed by atoms with E-state index < -0.39 is 0 Å². The van der Waals surface area contributed by atoms with Gasteiger partial charge in [-0.2, -0.15) is 0 Å². The predicted molar refractivity (Wildman–Crippen MR) is 110 cm³/mol. The zero-order valence-electron chi connectivity index (χ0n) is 15.8. The first-order valence-electron chi connectivity index (χ1n) is 9.03. The number of carbonyl (C=O) groups is 2.